The average molecular weight is 368 g/mol. The van der Waals surface area contributed by atoms with Crippen molar-refractivity contribution in [1.29, 1.82) is 0 Å². The number of rotatable bonds is 8. The second-order valence-corrected chi connectivity index (χ2v) is 6.54. The lowest BCUT2D eigenvalue weighted by Crippen LogP contribution is -2.48. The summed E-state index contributed by atoms with van der Waals surface area (Å²) in [6.45, 7) is 5.59. The Morgan fingerprint density at radius 1 is 1.35 bits per heavy atom. The van der Waals surface area contributed by atoms with Crippen molar-refractivity contribution in [1.82, 2.24) is 15.5 Å². The molecule has 2 rings (SSSR count). The Bertz CT molecular complexity index is 560. The van der Waals surface area contributed by atoms with Crippen LogP contribution in [0.2, 0.25) is 0 Å². The first-order valence-corrected chi connectivity index (χ1v) is 9.30. The summed E-state index contributed by atoms with van der Waals surface area (Å²) >= 11 is 0. The lowest BCUT2D eigenvalue weighted by Gasteiger charge is -2.32. The van der Waals surface area contributed by atoms with Gasteiger partial charge in [0.05, 0.1) is 0 Å². The van der Waals surface area contributed by atoms with Crippen LogP contribution in [0.4, 0.5) is 8.78 Å². The standard InChI is InChI=1S/C19H30F2N4O/c1-3-9-25-10-7-16(8-11-25)24-19(22-2)23-13-15-5-4-6-17(12-15)26-14-18(20)21/h4-6,12,16,18H,3,7-11,13-14H2,1-2H3,(H2,22,23,24). The molecule has 7 heteroatoms. The first kappa shape index (κ1) is 20.4. The zero-order valence-corrected chi connectivity index (χ0v) is 15.7. The summed E-state index contributed by atoms with van der Waals surface area (Å²) < 4.78 is 29.6. The number of nitrogens with zero attached hydrogens (tertiary/aromatic N) is 2. The fourth-order valence-corrected chi connectivity index (χ4v) is 3.10. The van der Waals surface area contributed by atoms with E-state index in [4.69, 9.17) is 4.74 Å². The highest BCUT2D eigenvalue weighted by Crippen LogP contribution is 2.14. The van der Waals surface area contributed by atoms with Crippen LogP contribution in [0.3, 0.4) is 0 Å². The van der Waals surface area contributed by atoms with E-state index in [1.807, 2.05) is 6.07 Å². The lowest BCUT2D eigenvalue weighted by atomic mass is 10.1. The van der Waals surface area contributed by atoms with E-state index in [-0.39, 0.29) is 0 Å². The van der Waals surface area contributed by atoms with Gasteiger partial charge in [0.15, 0.2) is 5.96 Å². The maximum Gasteiger partial charge on any atom is 0.272 e. The number of aliphatic imine (C=N–C) groups is 1. The fraction of sp³-hybridized carbons (Fsp3) is 0.632. The molecule has 1 heterocycles. The van der Waals surface area contributed by atoms with Gasteiger partial charge in [0.1, 0.15) is 12.4 Å². The van der Waals surface area contributed by atoms with Crippen LogP contribution in [0.15, 0.2) is 29.3 Å². The first-order chi connectivity index (χ1) is 12.6. The quantitative estimate of drug-likeness (QED) is 0.547. The van der Waals surface area contributed by atoms with Crippen molar-refractivity contribution in [3.63, 3.8) is 0 Å². The molecule has 2 N–H and O–H groups in total. The molecule has 0 radical (unpaired) electrons. The van der Waals surface area contributed by atoms with Gasteiger partial charge in [-0.1, -0.05) is 19.1 Å². The van der Waals surface area contributed by atoms with Gasteiger partial charge in [0.25, 0.3) is 6.43 Å². The minimum Gasteiger partial charge on any atom is -0.488 e. The largest absolute Gasteiger partial charge is 0.488 e. The van der Waals surface area contributed by atoms with E-state index in [9.17, 15) is 8.78 Å². The Morgan fingerprint density at radius 2 is 2.12 bits per heavy atom. The molecule has 0 aliphatic carbocycles. The maximum atomic E-state index is 12.2. The Balaban J connectivity index is 1.77. The number of nitrogens with one attached hydrogen (secondary N) is 2. The summed E-state index contributed by atoms with van der Waals surface area (Å²) in [6, 6.07) is 7.61. The first-order valence-electron chi connectivity index (χ1n) is 9.30. The van der Waals surface area contributed by atoms with Gasteiger partial charge < -0.3 is 20.3 Å². The van der Waals surface area contributed by atoms with Crippen molar-refractivity contribution in [3.8, 4) is 5.75 Å². The summed E-state index contributed by atoms with van der Waals surface area (Å²) in [5.41, 5.74) is 0.956. The van der Waals surface area contributed by atoms with E-state index in [0.29, 0.717) is 18.3 Å². The third-order valence-corrected chi connectivity index (χ3v) is 4.43. The van der Waals surface area contributed by atoms with Crippen LogP contribution in [-0.2, 0) is 6.54 Å². The molecule has 1 aliphatic rings. The topological polar surface area (TPSA) is 48.9 Å². The van der Waals surface area contributed by atoms with Gasteiger partial charge in [-0.25, -0.2) is 8.78 Å². The Morgan fingerprint density at radius 3 is 2.77 bits per heavy atom. The molecule has 146 valence electrons. The Labute approximate surface area is 154 Å². The maximum absolute atomic E-state index is 12.2. The molecule has 1 saturated heterocycles. The van der Waals surface area contributed by atoms with Crippen molar-refractivity contribution in [3.05, 3.63) is 29.8 Å². The number of likely N-dealkylation sites (tertiary alicyclic amines) is 1. The summed E-state index contributed by atoms with van der Waals surface area (Å²) in [5, 5.41) is 6.76. The van der Waals surface area contributed by atoms with Gasteiger partial charge in [0, 0.05) is 32.7 Å². The van der Waals surface area contributed by atoms with E-state index in [2.05, 4.69) is 27.4 Å². The number of piperidine rings is 1. The molecule has 1 aliphatic heterocycles. The summed E-state index contributed by atoms with van der Waals surface area (Å²) in [7, 11) is 1.75. The van der Waals surface area contributed by atoms with Crippen LogP contribution in [-0.4, -0.2) is 56.6 Å². The molecule has 26 heavy (non-hydrogen) atoms. The van der Waals surface area contributed by atoms with Crippen molar-refractivity contribution in [2.75, 3.05) is 33.3 Å². The van der Waals surface area contributed by atoms with E-state index >= 15 is 0 Å². The van der Waals surface area contributed by atoms with Crippen LogP contribution in [0, 0.1) is 0 Å². The average Bonchev–Trinajstić information content (AvgIpc) is 2.65. The minimum atomic E-state index is -2.47. The van der Waals surface area contributed by atoms with Crippen LogP contribution < -0.4 is 15.4 Å². The lowest BCUT2D eigenvalue weighted by molar-refractivity contribution is 0.0818. The molecule has 0 aromatic heterocycles. The van der Waals surface area contributed by atoms with Gasteiger partial charge in [0.2, 0.25) is 0 Å². The summed E-state index contributed by atoms with van der Waals surface area (Å²) in [6.07, 6.45) is 0.944. The highest BCUT2D eigenvalue weighted by molar-refractivity contribution is 5.79. The molecular formula is C19H30F2N4O. The molecule has 0 spiro atoms. The number of hydrogen-bond donors (Lipinski definition) is 2. The van der Waals surface area contributed by atoms with E-state index in [1.54, 1.807) is 25.2 Å². The van der Waals surface area contributed by atoms with Crippen LogP contribution in [0.25, 0.3) is 0 Å². The van der Waals surface area contributed by atoms with Gasteiger partial charge >= 0.3 is 0 Å². The minimum absolute atomic E-state index is 0.426. The summed E-state index contributed by atoms with van der Waals surface area (Å²) in [5.74, 6) is 1.22. The molecule has 0 saturated carbocycles. The molecule has 5 nitrogen and oxygen atoms in total. The number of guanidine groups is 1. The van der Waals surface area contributed by atoms with Crippen molar-refractivity contribution < 1.29 is 13.5 Å². The molecule has 0 bridgehead atoms. The van der Waals surface area contributed by atoms with Gasteiger partial charge in [-0.15, -0.1) is 0 Å². The van der Waals surface area contributed by atoms with E-state index in [0.717, 1.165) is 37.5 Å². The fourth-order valence-electron chi connectivity index (χ4n) is 3.10. The molecule has 0 unspecified atom stereocenters. The van der Waals surface area contributed by atoms with Crippen molar-refractivity contribution >= 4 is 5.96 Å². The van der Waals surface area contributed by atoms with Crippen molar-refractivity contribution in [2.45, 2.75) is 45.2 Å². The zero-order valence-electron chi connectivity index (χ0n) is 15.7. The number of ether oxygens (including phenoxy) is 1. The Kier molecular flexibility index (Phi) is 8.61. The van der Waals surface area contributed by atoms with Crippen LogP contribution in [0.5, 0.6) is 5.75 Å². The molecule has 1 fully saturated rings. The molecule has 1 aromatic carbocycles. The second-order valence-electron chi connectivity index (χ2n) is 6.54. The third kappa shape index (κ3) is 7.15. The number of alkyl halides is 2. The normalized spacial score (nSPS) is 16.7. The second kappa shape index (κ2) is 11.0. The van der Waals surface area contributed by atoms with E-state index < -0.39 is 13.0 Å². The number of halogens is 2. The zero-order chi connectivity index (χ0) is 18.8. The highest BCUT2D eigenvalue weighted by atomic mass is 19.3. The molecule has 0 amide bonds. The van der Waals surface area contributed by atoms with Gasteiger partial charge in [-0.3, -0.25) is 4.99 Å². The highest BCUT2D eigenvalue weighted by Gasteiger charge is 2.19. The number of benzene rings is 1. The van der Waals surface area contributed by atoms with Crippen molar-refractivity contribution in [2.24, 2.45) is 4.99 Å². The molecule has 1 aromatic rings. The monoisotopic (exact) mass is 368 g/mol. The number of hydrogen-bond acceptors (Lipinski definition) is 3. The van der Waals surface area contributed by atoms with Crippen LogP contribution >= 0.6 is 0 Å². The van der Waals surface area contributed by atoms with Crippen LogP contribution in [0.1, 0.15) is 31.7 Å². The predicted molar refractivity (Wildman–Crippen MR) is 101 cm³/mol. The smallest absolute Gasteiger partial charge is 0.272 e. The van der Waals surface area contributed by atoms with Gasteiger partial charge in [-0.2, -0.15) is 0 Å². The van der Waals surface area contributed by atoms with E-state index in [1.165, 1.54) is 13.0 Å². The Hall–Kier alpha value is -1.89. The molecule has 0 atom stereocenters. The van der Waals surface area contributed by atoms with Gasteiger partial charge in [-0.05, 0) is 43.5 Å². The molecular weight excluding hydrogens is 338 g/mol. The SMILES string of the molecule is CCCN1CCC(NC(=NC)NCc2cccc(OCC(F)F)c2)CC1. The predicted octanol–water partition coefficient (Wildman–Crippen LogP) is 2.87. The third-order valence-electron chi connectivity index (χ3n) is 4.43. The summed E-state index contributed by atoms with van der Waals surface area (Å²) in [4.78, 5) is 6.78.